The summed E-state index contributed by atoms with van der Waals surface area (Å²) in [6.07, 6.45) is -1.09. The van der Waals surface area contributed by atoms with Gasteiger partial charge in [0.1, 0.15) is 6.17 Å². The van der Waals surface area contributed by atoms with E-state index in [1.165, 1.54) is 0 Å². The minimum absolute atomic E-state index is 0.118. The van der Waals surface area contributed by atoms with Crippen molar-refractivity contribution in [3.63, 3.8) is 0 Å². The Bertz CT molecular complexity index is 862. The lowest BCUT2D eigenvalue weighted by atomic mass is 10.2. The third-order valence-corrected chi connectivity index (χ3v) is 5.43. The van der Waals surface area contributed by atoms with E-state index in [9.17, 15) is 4.79 Å². The highest BCUT2D eigenvalue weighted by Crippen LogP contribution is 2.30. The number of carbonyl (C=O) groups excluding carboxylic acids is 1. The molecule has 0 aliphatic carbocycles. The van der Waals surface area contributed by atoms with Gasteiger partial charge in [0.2, 0.25) is 3.79 Å². The van der Waals surface area contributed by atoms with Gasteiger partial charge in [0.05, 0.1) is 10.0 Å². The number of benzene rings is 2. The molecule has 2 rings (SSSR count). The summed E-state index contributed by atoms with van der Waals surface area (Å²) in [5, 5.41) is 9.15. The monoisotopic (exact) mass is 595 g/mol. The molecule has 27 heavy (non-hydrogen) atoms. The second kappa shape index (κ2) is 10.0. The van der Waals surface area contributed by atoms with Gasteiger partial charge >= 0.3 is 0 Å². The van der Waals surface area contributed by atoms with Crippen LogP contribution in [0, 0.1) is 3.57 Å². The van der Waals surface area contributed by atoms with Crippen molar-refractivity contribution >= 4 is 110 Å². The molecule has 0 heterocycles. The molecule has 0 aliphatic rings. The van der Waals surface area contributed by atoms with Gasteiger partial charge in [-0.2, -0.15) is 0 Å². The smallest absolute Gasteiger partial charge is 0.253 e. The predicted molar refractivity (Wildman–Crippen MR) is 127 cm³/mol. The molecule has 0 aromatic heterocycles. The normalized spacial score (nSPS) is 12.2. The molecule has 0 saturated carbocycles. The van der Waals surface area contributed by atoms with E-state index in [0.717, 1.165) is 3.57 Å². The van der Waals surface area contributed by atoms with E-state index in [1.54, 1.807) is 36.4 Å². The molecule has 2 aromatic carbocycles. The summed E-state index contributed by atoms with van der Waals surface area (Å²) in [4.78, 5) is 12.4. The van der Waals surface area contributed by atoms with Crippen LogP contribution in [0.4, 0.5) is 5.69 Å². The summed E-state index contributed by atoms with van der Waals surface area (Å²) in [5.41, 5.74) is 1.00. The first-order valence-corrected chi connectivity index (χ1v) is 10.6. The fourth-order valence-electron chi connectivity index (χ4n) is 1.92. The van der Waals surface area contributed by atoms with Crippen molar-refractivity contribution in [2.45, 2.75) is 9.96 Å². The average Bonchev–Trinajstić information content (AvgIpc) is 2.56. The van der Waals surface area contributed by atoms with Gasteiger partial charge in [-0.25, -0.2) is 0 Å². The summed E-state index contributed by atoms with van der Waals surface area (Å²) < 4.78 is -0.962. The fraction of sp³-hybridized carbons (Fsp3) is 0.125. The Morgan fingerprint density at radius 2 is 1.74 bits per heavy atom. The largest absolute Gasteiger partial charge is 0.339 e. The molecule has 1 unspecified atom stereocenters. The molecule has 0 radical (unpaired) electrons. The number of carbonyl (C=O) groups is 1. The Morgan fingerprint density at radius 1 is 1.04 bits per heavy atom. The van der Waals surface area contributed by atoms with Gasteiger partial charge < -0.3 is 16.0 Å². The molecule has 2 aromatic rings. The molecular weight excluding hydrogens is 586 g/mol. The topological polar surface area (TPSA) is 53.2 Å². The molecule has 3 N–H and O–H groups in total. The van der Waals surface area contributed by atoms with E-state index in [4.69, 9.17) is 70.2 Å². The van der Waals surface area contributed by atoms with Crippen LogP contribution in [0.25, 0.3) is 0 Å². The van der Waals surface area contributed by atoms with Gasteiger partial charge in [-0.05, 0) is 71.2 Å². The van der Waals surface area contributed by atoms with Gasteiger partial charge in [0.15, 0.2) is 5.11 Å². The van der Waals surface area contributed by atoms with Crippen LogP contribution in [0.15, 0.2) is 42.5 Å². The number of anilines is 1. The molecule has 4 nitrogen and oxygen atoms in total. The Morgan fingerprint density at radius 3 is 2.33 bits per heavy atom. The zero-order chi connectivity index (χ0) is 20.2. The van der Waals surface area contributed by atoms with E-state index >= 15 is 0 Å². The van der Waals surface area contributed by atoms with Crippen molar-refractivity contribution in [1.82, 2.24) is 10.6 Å². The third-order valence-electron chi connectivity index (χ3n) is 3.14. The zero-order valence-corrected chi connectivity index (χ0v) is 20.0. The maximum atomic E-state index is 12.4. The summed E-state index contributed by atoms with van der Waals surface area (Å²) in [6.45, 7) is 0. The third kappa shape index (κ3) is 7.27. The number of nitrogens with one attached hydrogen (secondary N) is 3. The molecule has 1 amide bonds. The molecule has 1 atom stereocenters. The summed E-state index contributed by atoms with van der Waals surface area (Å²) in [7, 11) is 0. The first-order chi connectivity index (χ1) is 12.6. The Balaban J connectivity index is 2.08. The Hall–Kier alpha value is -0.220. The molecule has 144 valence electrons. The van der Waals surface area contributed by atoms with Gasteiger partial charge in [0.25, 0.3) is 5.91 Å². The van der Waals surface area contributed by atoms with E-state index in [1.807, 2.05) is 6.07 Å². The Labute approximate surface area is 200 Å². The molecule has 0 bridgehead atoms. The van der Waals surface area contributed by atoms with Crippen LogP contribution in [-0.2, 0) is 0 Å². The van der Waals surface area contributed by atoms with E-state index < -0.39 is 15.9 Å². The van der Waals surface area contributed by atoms with Gasteiger partial charge in [-0.3, -0.25) is 4.79 Å². The zero-order valence-electron chi connectivity index (χ0n) is 13.2. The minimum Gasteiger partial charge on any atom is -0.339 e. The lowest BCUT2D eigenvalue weighted by Crippen LogP contribution is -2.56. The van der Waals surface area contributed by atoms with E-state index in [-0.39, 0.29) is 5.11 Å². The highest BCUT2D eigenvalue weighted by atomic mass is 127. The number of hydrogen-bond acceptors (Lipinski definition) is 2. The van der Waals surface area contributed by atoms with E-state index in [2.05, 4.69) is 38.5 Å². The van der Waals surface area contributed by atoms with Crippen LogP contribution >= 0.6 is 92.8 Å². The SMILES string of the molecule is O=C(NC(NC(=S)Nc1ccc(Cl)c(Cl)c1)C(Cl)(Cl)Cl)c1cccc(I)c1. The van der Waals surface area contributed by atoms with Crippen molar-refractivity contribution in [1.29, 1.82) is 0 Å². The molecular formula is C16H11Cl5IN3OS. The molecule has 0 spiro atoms. The van der Waals surface area contributed by atoms with Crippen LogP contribution in [0.3, 0.4) is 0 Å². The summed E-state index contributed by atoms with van der Waals surface area (Å²) >= 11 is 37.1. The van der Waals surface area contributed by atoms with Crippen LogP contribution < -0.4 is 16.0 Å². The number of halogens is 6. The van der Waals surface area contributed by atoms with Crippen molar-refractivity contribution in [3.8, 4) is 0 Å². The highest BCUT2D eigenvalue weighted by molar-refractivity contribution is 14.1. The number of thiocarbonyl (C=S) groups is 1. The maximum Gasteiger partial charge on any atom is 0.253 e. The summed E-state index contributed by atoms with van der Waals surface area (Å²) in [5.74, 6) is -0.422. The predicted octanol–water partition coefficient (Wildman–Crippen LogP) is 6.01. The lowest BCUT2D eigenvalue weighted by molar-refractivity contribution is 0.0934. The number of rotatable bonds is 4. The molecule has 0 fully saturated rings. The van der Waals surface area contributed by atoms with Crippen LogP contribution in [0.2, 0.25) is 10.0 Å². The van der Waals surface area contributed by atoms with Gasteiger partial charge in [-0.1, -0.05) is 64.1 Å². The van der Waals surface area contributed by atoms with Crippen molar-refractivity contribution in [3.05, 3.63) is 61.6 Å². The minimum atomic E-state index is -1.86. The van der Waals surface area contributed by atoms with Crippen LogP contribution in [0.5, 0.6) is 0 Å². The number of hydrogen-bond donors (Lipinski definition) is 3. The van der Waals surface area contributed by atoms with E-state index in [0.29, 0.717) is 21.3 Å². The molecule has 0 aliphatic heterocycles. The second-order valence-electron chi connectivity index (χ2n) is 5.19. The first kappa shape index (κ1) is 23.1. The number of alkyl halides is 3. The average molecular weight is 598 g/mol. The molecule has 0 saturated heterocycles. The second-order valence-corrected chi connectivity index (χ2v) is 10.0. The van der Waals surface area contributed by atoms with Crippen LogP contribution in [-0.4, -0.2) is 21.0 Å². The Kier molecular flexibility index (Phi) is 8.54. The van der Waals surface area contributed by atoms with Crippen molar-refractivity contribution < 1.29 is 4.79 Å². The van der Waals surface area contributed by atoms with Gasteiger partial charge in [-0.15, -0.1) is 0 Å². The first-order valence-electron chi connectivity index (χ1n) is 7.22. The number of amides is 1. The lowest BCUT2D eigenvalue weighted by Gasteiger charge is -2.27. The highest BCUT2D eigenvalue weighted by Gasteiger charge is 2.35. The van der Waals surface area contributed by atoms with Gasteiger partial charge in [0, 0.05) is 14.8 Å². The van der Waals surface area contributed by atoms with Crippen LogP contribution in [0.1, 0.15) is 10.4 Å². The standard InChI is InChI=1S/C16H11Cl5IN3OS/c17-11-5-4-10(7-12(11)18)23-15(27)25-14(16(19,20)21)24-13(26)8-2-1-3-9(22)6-8/h1-7,14H,(H,24,26)(H2,23,25,27). The maximum absolute atomic E-state index is 12.4. The summed E-state index contributed by atoms with van der Waals surface area (Å²) in [6, 6.07) is 11.9. The molecule has 11 heteroatoms. The fourth-order valence-corrected chi connectivity index (χ4v) is 3.32. The van der Waals surface area contributed by atoms with Crippen molar-refractivity contribution in [2.24, 2.45) is 0 Å². The van der Waals surface area contributed by atoms with Crippen molar-refractivity contribution in [2.75, 3.05) is 5.32 Å². The quantitative estimate of drug-likeness (QED) is 0.175.